The highest BCUT2D eigenvalue weighted by molar-refractivity contribution is 5.92. The molecule has 2 N–H and O–H groups in total. The Balaban J connectivity index is 1.38. The van der Waals surface area contributed by atoms with Gasteiger partial charge >= 0.3 is 0 Å². The van der Waals surface area contributed by atoms with E-state index in [1.807, 2.05) is 35.2 Å². The second kappa shape index (κ2) is 7.01. The molecule has 0 unspecified atom stereocenters. The number of likely N-dealkylation sites (tertiary alicyclic amines) is 1. The van der Waals surface area contributed by atoms with Gasteiger partial charge in [-0.25, -0.2) is 4.68 Å². The molecule has 2 fully saturated rings. The van der Waals surface area contributed by atoms with Gasteiger partial charge in [0.1, 0.15) is 0 Å². The van der Waals surface area contributed by atoms with Crippen LogP contribution in [0.25, 0.3) is 0 Å². The van der Waals surface area contributed by atoms with Crippen LogP contribution < -0.4 is 5.32 Å². The molecule has 8 heteroatoms. The monoisotopic (exact) mass is 383 g/mol. The van der Waals surface area contributed by atoms with Crippen LogP contribution >= 0.6 is 0 Å². The van der Waals surface area contributed by atoms with E-state index in [-0.39, 0.29) is 29.5 Å². The van der Waals surface area contributed by atoms with Crippen molar-refractivity contribution in [1.82, 2.24) is 25.2 Å². The van der Waals surface area contributed by atoms with Gasteiger partial charge in [-0.15, -0.1) is 5.10 Å². The van der Waals surface area contributed by atoms with Crippen LogP contribution in [0, 0.1) is 0 Å². The summed E-state index contributed by atoms with van der Waals surface area (Å²) < 4.78 is 1.49. The first-order chi connectivity index (χ1) is 13.5. The molecule has 4 rings (SSSR count). The SMILES string of the molecule is CNC(=O)c1cn(CC2(O)CCN(C(=O)C3(c4ccccc4)CC3)CC2)nn1. The highest BCUT2D eigenvalue weighted by atomic mass is 16.3. The van der Waals surface area contributed by atoms with Crippen molar-refractivity contribution in [1.29, 1.82) is 0 Å². The average Bonchev–Trinajstić information content (AvgIpc) is 3.41. The van der Waals surface area contributed by atoms with E-state index in [9.17, 15) is 14.7 Å². The van der Waals surface area contributed by atoms with Crippen molar-refractivity contribution in [3.63, 3.8) is 0 Å². The summed E-state index contributed by atoms with van der Waals surface area (Å²) in [6.07, 6.45) is 4.25. The molecule has 1 aromatic heterocycles. The number of aliphatic hydroxyl groups is 1. The molecule has 1 saturated carbocycles. The van der Waals surface area contributed by atoms with Gasteiger partial charge in [0.15, 0.2) is 5.69 Å². The van der Waals surface area contributed by atoms with E-state index >= 15 is 0 Å². The number of benzene rings is 1. The first kappa shape index (κ1) is 18.6. The summed E-state index contributed by atoms with van der Waals surface area (Å²) in [5, 5.41) is 21.2. The lowest BCUT2D eigenvalue weighted by atomic mass is 9.88. The van der Waals surface area contributed by atoms with Crippen LogP contribution in [0.1, 0.15) is 41.7 Å². The van der Waals surface area contributed by atoms with E-state index < -0.39 is 5.60 Å². The Labute approximate surface area is 163 Å². The van der Waals surface area contributed by atoms with Gasteiger partial charge in [-0.2, -0.15) is 0 Å². The standard InChI is InChI=1S/C20H25N5O3/c1-21-17(26)16-13-25(23-22-16)14-19(28)9-11-24(12-10-19)18(27)20(7-8-20)15-5-3-2-4-6-15/h2-6,13,28H,7-12,14H2,1H3,(H,21,26). The number of amides is 2. The average molecular weight is 383 g/mol. The fourth-order valence-corrected chi connectivity index (χ4v) is 4.00. The normalized spacial score (nSPS) is 19.9. The summed E-state index contributed by atoms with van der Waals surface area (Å²) in [4.78, 5) is 26.6. The van der Waals surface area contributed by atoms with Crippen LogP contribution in [0.5, 0.6) is 0 Å². The number of hydrogen-bond acceptors (Lipinski definition) is 5. The van der Waals surface area contributed by atoms with Gasteiger partial charge in [0, 0.05) is 20.1 Å². The predicted molar refractivity (Wildman–Crippen MR) is 102 cm³/mol. The zero-order valence-corrected chi connectivity index (χ0v) is 16.0. The third kappa shape index (κ3) is 3.40. The number of aromatic nitrogens is 3. The second-order valence-corrected chi connectivity index (χ2v) is 7.85. The highest BCUT2D eigenvalue weighted by Crippen LogP contribution is 2.50. The third-order valence-corrected chi connectivity index (χ3v) is 5.92. The molecule has 1 saturated heterocycles. The number of nitrogens with zero attached hydrogens (tertiary/aromatic N) is 4. The van der Waals surface area contributed by atoms with E-state index in [1.165, 1.54) is 17.9 Å². The Morgan fingerprint density at radius 1 is 1.14 bits per heavy atom. The molecule has 0 spiro atoms. The lowest BCUT2D eigenvalue weighted by Gasteiger charge is -2.39. The molecule has 2 amide bonds. The molecule has 148 valence electrons. The van der Waals surface area contributed by atoms with Gasteiger partial charge in [-0.05, 0) is 31.2 Å². The molecule has 0 radical (unpaired) electrons. The van der Waals surface area contributed by atoms with E-state index in [1.54, 1.807) is 0 Å². The number of nitrogens with one attached hydrogen (secondary N) is 1. The van der Waals surface area contributed by atoms with Crippen LogP contribution in [-0.4, -0.2) is 62.6 Å². The molecule has 0 atom stereocenters. The lowest BCUT2D eigenvalue weighted by Crippen LogP contribution is -2.51. The number of carbonyl (C=O) groups excluding carboxylic acids is 2. The van der Waals surface area contributed by atoms with Crippen LogP contribution in [0.3, 0.4) is 0 Å². The number of rotatable bonds is 5. The molecule has 2 aromatic rings. The van der Waals surface area contributed by atoms with Crippen LogP contribution in [0.2, 0.25) is 0 Å². The summed E-state index contributed by atoms with van der Waals surface area (Å²) >= 11 is 0. The van der Waals surface area contributed by atoms with Gasteiger partial charge in [0.05, 0.1) is 23.8 Å². The summed E-state index contributed by atoms with van der Waals surface area (Å²) in [5.74, 6) is -0.141. The number of hydrogen-bond donors (Lipinski definition) is 2. The van der Waals surface area contributed by atoms with Crippen LogP contribution in [0.15, 0.2) is 36.5 Å². The molecular formula is C20H25N5O3. The minimum Gasteiger partial charge on any atom is -0.388 e. The Bertz CT molecular complexity index is 867. The van der Waals surface area contributed by atoms with E-state index in [4.69, 9.17) is 0 Å². The summed E-state index contributed by atoms with van der Waals surface area (Å²) in [5.41, 5.74) is -0.0266. The summed E-state index contributed by atoms with van der Waals surface area (Å²) in [6, 6.07) is 9.97. The van der Waals surface area contributed by atoms with E-state index in [2.05, 4.69) is 15.6 Å². The molecule has 0 bridgehead atoms. The maximum atomic E-state index is 13.1. The highest BCUT2D eigenvalue weighted by Gasteiger charge is 2.53. The van der Waals surface area contributed by atoms with Gasteiger partial charge in [-0.3, -0.25) is 9.59 Å². The molecule has 2 heterocycles. The van der Waals surface area contributed by atoms with Gasteiger partial charge < -0.3 is 15.3 Å². The maximum absolute atomic E-state index is 13.1. The fourth-order valence-electron chi connectivity index (χ4n) is 4.00. The number of piperidine rings is 1. The quantitative estimate of drug-likeness (QED) is 0.793. The third-order valence-electron chi connectivity index (χ3n) is 5.92. The van der Waals surface area contributed by atoms with Crippen molar-refractivity contribution < 1.29 is 14.7 Å². The molecule has 28 heavy (non-hydrogen) atoms. The van der Waals surface area contributed by atoms with Crippen molar-refractivity contribution >= 4 is 11.8 Å². The number of carbonyl (C=O) groups is 2. The van der Waals surface area contributed by atoms with Crippen molar-refractivity contribution in [2.75, 3.05) is 20.1 Å². The summed E-state index contributed by atoms with van der Waals surface area (Å²) in [7, 11) is 1.53. The zero-order valence-electron chi connectivity index (χ0n) is 16.0. The van der Waals surface area contributed by atoms with Crippen LogP contribution in [0.4, 0.5) is 0 Å². The van der Waals surface area contributed by atoms with Crippen molar-refractivity contribution in [3.8, 4) is 0 Å². The first-order valence-corrected chi connectivity index (χ1v) is 9.65. The molecule has 8 nitrogen and oxygen atoms in total. The fraction of sp³-hybridized carbons (Fsp3) is 0.500. The summed E-state index contributed by atoms with van der Waals surface area (Å²) in [6.45, 7) is 1.28. The minimum absolute atomic E-state index is 0.170. The maximum Gasteiger partial charge on any atom is 0.273 e. The smallest absolute Gasteiger partial charge is 0.273 e. The Kier molecular flexibility index (Phi) is 4.66. The topological polar surface area (TPSA) is 100 Å². The zero-order chi connectivity index (χ0) is 19.8. The van der Waals surface area contributed by atoms with Crippen molar-refractivity contribution in [3.05, 3.63) is 47.8 Å². The molecular weight excluding hydrogens is 358 g/mol. The van der Waals surface area contributed by atoms with Gasteiger partial charge in [0.2, 0.25) is 5.91 Å². The van der Waals surface area contributed by atoms with E-state index in [0.717, 1.165) is 18.4 Å². The minimum atomic E-state index is -0.964. The second-order valence-electron chi connectivity index (χ2n) is 7.85. The molecule has 1 aliphatic carbocycles. The predicted octanol–water partition coefficient (Wildman–Crippen LogP) is 0.723. The van der Waals surface area contributed by atoms with Gasteiger partial charge in [0.25, 0.3) is 5.91 Å². The Morgan fingerprint density at radius 2 is 1.82 bits per heavy atom. The largest absolute Gasteiger partial charge is 0.388 e. The molecule has 1 aliphatic heterocycles. The Morgan fingerprint density at radius 3 is 2.43 bits per heavy atom. The van der Waals surface area contributed by atoms with Crippen molar-refractivity contribution in [2.45, 2.75) is 43.2 Å². The molecule has 1 aromatic carbocycles. The lowest BCUT2D eigenvalue weighted by molar-refractivity contribution is -0.138. The Hall–Kier alpha value is -2.74. The van der Waals surface area contributed by atoms with Gasteiger partial charge in [-0.1, -0.05) is 35.5 Å². The van der Waals surface area contributed by atoms with Crippen LogP contribution in [-0.2, 0) is 16.8 Å². The van der Waals surface area contributed by atoms with E-state index in [0.29, 0.717) is 25.9 Å². The first-order valence-electron chi connectivity index (χ1n) is 9.65. The molecule has 2 aliphatic rings. The van der Waals surface area contributed by atoms with Crippen molar-refractivity contribution in [2.24, 2.45) is 0 Å².